The normalized spacial score (nSPS) is 18.8. The molecule has 1 aromatic rings. The van der Waals surface area contributed by atoms with Crippen molar-refractivity contribution in [1.29, 1.82) is 0 Å². The van der Waals surface area contributed by atoms with Crippen molar-refractivity contribution in [3.8, 4) is 0 Å². The Kier molecular flexibility index (Phi) is 5.46. The van der Waals surface area contributed by atoms with E-state index in [4.69, 9.17) is 0 Å². The molecule has 0 aliphatic heterocycles. The van der Waals surface area contributed by atoms with Gasteiger partial charge in [0.05, 0.1) is 11.5 Å². The summed E-state index contributed by atoms with van der Waals surface area (Å²) in [4.78, 5) is 0.246. The van der Waals surface area contributed by atoms with E-state index in [1.807, 2.05) is 13.8 Å². The third kappa shape index (κ3) is 3.87. The van der Waals surface area contributed by atoms with Gasteiger partial charge in [0.15, 0.2) is 0 Å². The van der Waals surface area contributed by atoms with Gasteiger partial charge in [0.25, 0.3) is 0 Å². The third-order valence-corrected chi connectivity index (χ3v) is 6.00. The van der Waals surface area contributed by atoms with Gasteiger partial charge in [0.1, 0.15) is 0 Å². The van der Waals surface area contributed by atoms with Crippen LogP contribution in [-0.2, 0) is 23.2 Å². The van der Waals surface area contributed by atoms with Crippen molar-refractivity contribution in [3.63, 3.8) is 0 Å². The van der Waals surface area contributed by atoms with E-state index < -0.39 is 10.0 Å². The van der Waals surface area contributed by atoms with Crippen LogP contribution in [0.4, 0.5) is 0 Å². The Morgan fingerprint density at radius 2 is 2.05 bits per heavy atom. The molecule has 1 aromatic heterocycles. The van der Waals surface area contributed by atoms with Gasteiger partial charge in [-0.2, -0.15) is 0 Å². The lowest BCUT2D eigenvalue weighted by Crippen LogP contribution is -2.38. The molecule has 0 amide bonds. The first kappa shape index (κ1) is 16.5. The molecule has 1 heterocycles. The number of sulfonamides is 1. The van der Waals surface area contributed by atoms with Gasteiger partial charge >= 0.3 is 0 Å². The molecule has 1 atom stereocenters. The average Bonchev–Trinajstić information content (AvgIpc) is 2.92. The average molecular weight is 314 g/mol. The predicted molar refractivity (Wildman–Crippen MR) is 82.4 cm³/mol. The zero-order valence-electron chi connectivity index (χ0n) is 12.9. The molecule has 120 valence electrons. The van der Waals surface area contributed by atoms with Crippen molar-refractivity contribution in [3.05, 3.63) is 18.0 Å². The molecule has 0 bridgehead atoms. The van der Waals surface area contributed by atoms with E-state index in [1.54, 1.807) is 16.8 Å². The van der Waals surface area contributed by atoms with Gasteiger partial charge in [-0.15, -0.1) is 0 Å². The highest BCUT2D eigenvalue weighted by molar-refractivity contribution is 7.89. The number of nitrogens with one attached hydrogen (secondary N) is 1. The number of hydrogen-bond donors (Lipinski definition) is 2. The van der Waals surface area contributed by atoms with Crippen molar-refractivity contribution in [2.24, 2.45) is 5.92 Å². The van der Waals surface area contributed by atoms with Crippen LogP contribution in [0.2, 0.25) is 0 Å². The Labute approximate surface area is 127 Å². The number of aliphatic hydroxyl groups is 1. The first-order chi connectivity index (χ1) is 9.97. The molecule has 0 spiro atoms. The van der Waals surface area contributed by atoms with Crippen LogP contribution in [-0.4, -0.2) is 24.1 Å². The van der Waals surface area contributed by atoms with Crippen LogP contribution < -0.4 is 4.72 Å². The minimum absolute atomic E-state index is 0.0437. The molecule has 2 rings (SSSR count). The Bertz CT molecular complexity index is 538. The summed E-state index contributed by atoms with van der Waals surface area (Å²) >= 11 is 0. The summed E-state index contributed by atoms with van der Waals surface area (Å²) < 4.78 is 29.5. The molecule has 2 N–H and O–H groups in total. The van der Waals surface area contributed by atoms with Gasteiger partial charge in [-0.1, -0.05) is 19.3 Å². The fourth-order valence-electron chi connectivity index (χ4n) is 3.14. The summed E-state index contributed by atoms with van der Waals surface area (Å²) in [6.07, 6.45) is 7.44. The number of rotatable bonds is 6. The summed E-state index contributed by atoms with van der Waals surface area (Å²) in [5.74, 6) is 0.430. The van der Waals surface area contributed by atoms with E-state index in [9.17, 15) is 13.5 Å². The maximum absolute atomic E-state index is 12.5. The first-order valence-electron chi connectivity index (χ1n) is 7.80. The molecule has 6 heteroatoms. The monoisotopic (exact) mass is 314 g/mol. The summed E-state index contributed by atoms with van der Waals surface area (Å²) in [6, 6.07) is 1.51. The second kappa shape index (κ2) is 6.94. The zero-order valence-corrected chi connectivity index (χ0v) is 13.7. The van der Waals surface area contributed by atoms with Crippen molar-refractivity contribution in [2.45, 2.75) is 70.0 Å². The molecule has 1 unspecified atom stereocenters. The van der Waals surface area contributed by atoms with E-state index in [1.165, 1.54) is 19.3 Å². The minimum Gasteiger partial charge on any atom is -0.390 e. The van der Waals surface area contributed by atoms with Crippen LogP contribution in [0.1, 0.15) is 51.6 Å². The number of nitrogens with zero attached hydrogens (tertiary/aromatic N) is 1. The predicted octanol–water partition coefficient (Wildman–Crippen LogP) is 2.25. The van der Waals surface area contributed by atoms with Gasteiger partial charge < -0.3 is 9.67 Å². The number of aryl methyl sites for hydroxylation is 1. The van der Waals surface area contributed by atoms with Gasteiger partial charge in [0.2, 0.25) is 10.0 Å². The SMILES string of the molecule is CCn1cc(S(=O)(=O)NC(C)C2CCCCC2)cc1CO. The van der Waals surface area contributed by atoms with Crippen molar-refractivity contribution in [1.82, 2.24) is 9.29 Å². The Balaban J connectivity index is 2.12. The molecule has 1 aliphatic rings. The van der Waals surface area contributed by atoms with E-state index in [0.717, 1.165) is 12.8 Å². The third-order valence-electron chi connectivity index (χ3n) is 4.47. The second-order valence-corrected chi connectivity index (χ2v) is 7.63. The van der Waals surface area contributed by atoms with E-state index in [-0.39, 0.29) is 17.5 Å². The smallest absolute Gasteiger partial charge is 0.242 e. The summed E-state index contributed by atoms with van der Waals surface area (Å²) in [7, 11) is -3.51. The van der Waals surface area contributed by atoms with Crippen LogP contribution in [0, 0.1) is 5.92 Å². The number of aliphatic hydroxyl groups excluding tert-OH is 1. The maximum atomic E-state index is 12.5. The van der Waals surface area contributed by atoms with Gasteiger partial charge in [-0.05, 0) is 38.7 Å². The van der Waals surface area contributed by atoms with Gasteiger partial charge in [-0.25, -0.2) is 13.1 Å². The largest absolute Gasteiger partial charge is 0.390 e. The van der Waals surface area contributed by atoms with Crippen LogP contribution >= 0.6 is 0 Å². The molecule has 0 aromatic carbocycles. The zero-order chi connectivity index (χ0) is 15.5. The van der Waals surface area contributed by atoms with Gasteiger partial charge in [0, 0.05) is 24.5 Å². The lowest BCUT2D eigenvalue weighted by atomic mass is 9.85. The van der Waals surface area contributed by atoms with Crippen LogP contribution in [0.5, 0.6) is 0 Å². The van der Waals surface area contributed by atoms with Crippen molar-refractivity contribution < 1.29 is 13.5 Å². The van der Waals surface area contributed by atoms with Crippen molar-refractivity contribution in [2.75, 3.05) is 0 Å². The van der Waals surface area contributed by atoms with E-state index in [0.29, 0.717) is 18.2 Å². The lowest BCUT2D eigenvalue weighted by Gasteiger charge is -2.27. The Hall–Kier alpha value is -0.850. The topological polar surface area (TPSA) is 71.3 Å². The minimum atomic E-state index is -3.51. The molecule has 1 aliphatic carbocycles. The van der Waals surface area contributed by atoms with Crippen molar-refractivity contribution >= 4 is 10.0 Å². The Morgan fingerprint density at radius 3 is 2.57 bits per heavy atom. The second-order valence-electron chi connectivity index (χ2n) is 5.92. The van der Waals surface area contributed by atoms with E-state index in [2.05, 4.69) is 4.72 Å². The number of aromatic nitrogens is 1. The summed E-state index contributed by atoms with van der Waals surface area (Å²) in [6.45, 7) is 4.37. The molecular weight excluding hydrogens is 288 g/mol. The number of hydrogen-bond acceptors (Lipinski definition) is 3. The standard InChI is InChI=1S/C15H26N2O3S/c1-3-17-10-15(9-14(17)11-18)21(19,20)16-12(2)13-7-5-4-6-8-13/h9-10,12-13,16,18H,3-8,11H2,1-2H3. The first-order valence-corrected chi connectivity index (χ1v) is 9.28. The van der Waals surface area contributed by atoms with Crippen LogP contribution in [0.25, 0.3) is 0 Å². The summed E-state index contributed by atoms with van der Waals surface area (Å²) in [5, 5.41) is 9.28. The molecule has 1 saturated carbocycles. The molecule has 1 fully saturated rings. The quantitative estimate of drug-likeness (QED) is 0.846. The van der Waals surface area contributed by atoms with E-state index >= 15 is 0 Å². The molecule has 21 heavy (non-hydrogen) atoms. The highest BCUT2D eigenvalue weighted by atomic mass is 32.2. The lowest BCUT2D eigenvalue weighted by molar-refractivity contribution is 0.271. The molecule has 5 nitrogen and oxygen atoms in total. The fourth-order valence-corrected chi connectivity index (χ4v) is 4.52. The molecule has 0 radical (unpaired) electrons. The van der Waals surface area contributed by atoms with Crippen LogP contribution in [0.3, 0.4) is 0 Å². The summed E-state index contributed by atoms with van der Waals surface area (Å²) in [5.41, 5.74) is 0.628. The maximum Gasteiger partial charge on any atom is 0.242 e. The van der Waals surface area contributed by atoms with Crippen LogP contribution in [0.15, 0.2) is 17.2 Å². The highest BCUT2D eigenvalue weighted by Gasteiger charge is 2.26. The molecule has 0 saturated heterocycles. The molecular formula is C15H26N2O3S. The van der Waals surface area contributed by atoms with Gasteiger partial charge in [-0.3, -0.25) is 0 Å². The highest BCUT2D eigenvalue weighted by Crippen LogP contribution is 2.27. The Morgan fingerprint density at radius 1 is 1.38 bits per heavy atom. The fraction of sp³-hybridized carbons (Fsp3) is 0.733.